The molecular weight excluding hydrogens is 417 g/mol. The van der Waals surface area contributed by atoms with Crippen LogP contribution >= 0.6 is 34.4 Å². The van der Waals surface area contributed by atoms with Gasteiger partial charge in [-0.2, -0.15) is 13.2 Å². The largest absolute Gasteiger partial charge is 0.446 e. The quantitative estimate of drug-likeness (QED) is 0.384. The van der Waals surface area contributed by atoms with Crippen LogP contribution in [0, 0.1) is 9.39 Å². The summed E-state index contributed by atoms with van der Waals surface area (Å²) in [5.41, 5.74) is -2.64. The van der Waals surface area contributed by atoms with Crippen molar-refractivity contribution in [3.8, 4) is 0 Å². The SMILES string of the molecule is Fc1ccc(NCc2ccc(SC(F)(F)F)cc2)c(I)c1. The fourth-order valence-corrected chi connectivity index (χ4v) is 2.85. The zero-order chi connectivity index (χ0) is 15.5. The third-order valence-electron chi connectivity index (χ3n) is 2.57. The molecule has 112 valence electrons. The molecule has 0 saturated heterocycles. The molecule has 2 aromatic carbocycles. The zero-order valence-electron chi connectivity index (χ0n) is 10.5. The predicted octanol–water partition coefficient (Wildman–Crippen LogP) is 5.65. The monoisotopic (exact) mass is 427 g/mol. The lowest BCUT2D eigenvalue weighted by Crippen LogP contribution is -2.02. The molecule has 0 atom stereocenters. The highest BCUT2D eigenvalue weighted by molar-refractivity contribution is 14.1. The number of thioether (sulfide) groups is 1. The molecule has 0 heterocycles. The third-order valence-corrected chi connectivity index (χ3v) is 4.20. The minimum atomic E-state index is -4.27. The van der Waals surface area contributed by atoms with Crippen LogP contribution in [-0.4, -0.2) is 5.51 Å². The Morgan fingerprint density at radius 2 is 1.71 bits per heavy atom. The fourth-order valence-electron chi connectivity index (χ4n) is 1.64. The molecule has 0 aliphatic heterocycles. The first-order valence-corrected chi connectivity index (χ1v) is 7.76. The Kier molecular flexibility index (Phi) is 5.37. The van der Waals surface area contributed by atoms with Gasteiger partial charge in [-0.15, -0.1) is 0 Å². The lowest BCUT2D eigenvalue weighted by atomic mass is 10.2. The second-order valence-corrected chi connectivity index (χ2v) is 6.47. The Labute approximate surface area is 137 Å². The first-order chi connectivity index (χ1) is 9.83. The number of alkyl halides is 3. The van der Waals surface area contributed by atoms with Crippen molar-refractivity contribution in [2.24, 2.45) is 0 Å². The van der Waals surface area contributed by atoms with E-state index in [-0.39, 0.29) is 22.5 Å². The van der Waals surface area contributed by atoms with Crippen molar-refractivity contribution >= 4 is 40.0 Å². The smallest absolute Gasteiger partial charge is 0.380 e. The summed E-state index contributed by atoms with van der Waals surface area (Å²) in [6.45, 7) is 0.457. The van der Waals surface area contributed by atoms with Gasteiger partial charge in [-0.05, 0) is 70.2 Å². The summed E-state index contributed by atoms with van der Waals surface area (Å²) in [6, 6.07) is 10.5. The van der Waals surface area contributed by atoms with Gasteiger partial charge >= 0.3 is 5.51 Å². The Balaban J connectivity index is 1.97. The fraction of sp³-hybridized carbons (Fsp3) is 0.143. The molecule has 0 fully saturated rings. The minimum Gasteiger partial charge on any atom is -0.380 e. The van der Waals surface area contributed by atoms with Crippen molar-refractivity contribution in [3.05, 3.63) is 57.4 Å². The van der Waals surface area contributed by atoms with Crippen molar-refractivity contribution < 1.29 is 17.6 Å². The maximum atomic E-state index is 13.0. The van der Waals surface area contributed by atoms with E-state index in [9.17, 15) is 17.6 Å². The molecule has 1 N–H and O–H groups in total. The van der Waals surface area contributed by atoms with Gasteiger partial charge in [0.15, 0.2) is 0 Å². The molecule has 0 radical (unpaired) electrons. The zero-order valence-corrected chi connectivity index (χ0v) is 13.5. The number of anilines is 1. The van der Waals surface area contributed by atoms with E-state index in [0.29, 0.717) is 6.54 Å². The van der Waals surface area contributed by atoms with Gasteiger partial charge in [0, 0.05) is 20.7 Å². The molecule has 0 aliphatic carbocycles. The number of halogens is 5. The molecule has 2 aromatic rings. The van der Waals surface area contributed by atoms with E-state index < -0.39 is 5.51 Å². The highest BCUT2D eigenvalue weighted by Crippen LogP contribution is 2.36. The highest BCUT2D eigenvalue weighted by atomic mass is 127. The summed E-state index contributed by atoms with van der Waals surface area (Å²) < 4.78 is 50.3. The average molecular weight is 427 g/mol. The van der Waals surface area contributed by atoms with Crippen LogP contribution in [-0.2, 0) is 6.54 Å². The van der Waals surface area contributed by atoms with Gasteiger partial charge in [-0.25, -0.2) is 4.39 Å². The molecule has 7 heteroatoms. The van der Waals surface area contributed by atoms with Crippen molar-refractivity contribution in [3.63, 3.8) is 0 Å². The van der Waals surface area contributed by atoms with E-state index in [0.717, 1.165) is 14.8 Å². The maximum absolute atomic E-state index is 13.0. The van der Waals surface area contributed by atoms with Crippen LogP contribution in [0.2, 0.25) is 0 Å². The number of nitrogens with one attached hydrogen (secondary N) is 1. The summed E-state index contributed by atoms with van der Waals surface area (Å²) in [7, 11) is 0. The summed E-state index contributed by atoms with van der Waals surface area (Å²) in [5.74, 6) is -0.307. The molecule has 1 nitrogen and oxygen atoms in total. The van der Waals surface area contributed by atoms with E-state index in [1.807, 2.05) is 22.6 Å². The molecule has 0 spiro atoms. The van der Waals surface area contributed by atoms with Crippen LogP contribution in [0.3, 0.4) is 0 Å². The number of hydrogen-bond acceptors (Lipinski definition) is 2. The van der Waals surface area contributed by atoms with Gasteiger partial charge in [-0.1, -0.05) is 12.1 Å². The first-order valence-electron chi connectivity index (χ1n) is 5.87. The van der Waals surface area contributed by atoms with Gasteiger partial charge in [0.25, 0.3) is 0 Å². The van der Waals surface area contributed by atoms with Gasteiger partial charge in [0.2, 0.25) is 0 Å². The van der Waals surface area contributed by atoms with E-state index in [2.05, 4.69) is 5.32 Å². The van der Waals surface area contributed by atoms with Crippen LogP contribution in [0.4, 0.5) is 23.2 Å². The standard InChI is InChI=1S/C14H10F4INS/c15-10-3-6-13(12(19)7-10)20-8-9-1-4-11(5-2-9)21-14(16,17)18/h1-7,20H,8H2. The van der Waals surface area contributed by atoms with E-state index in [1.54, 1.807) is 18.2 Å². The number of rotatable bonds is 4. The second-order valence-electron chi connectivity index (χ2n) is 4.17. The van der Waals surface area contributed by atoms with Crippen molar-refractivity contribution in [2.45, 2.75) is 16.9 Å². The third kappa shape index (κ3) is 5.39. The Hall–Kier alpha value is -0.960. The summed E-state index contributed by atoms with van der Waals surface area (Å²) >= 11 is 1.88. The van der Waals surface area contributed by atoms with Gasteiger partial charge < -0.3 is 5.32 Å². The minimum absolute atomic E-state index is 0.135. The number of benzene rings is 2. The van der Waals surface area contributed by atoms with E-state index in [4.69, 9.17) is 0 Å². The lowest BCUT2D eigenvalue weighted by Gasteiger charge is -2.10. The summed E-state index contributed by atoms with van der Waals surface area (Å²) in [5, 5.41) is 3.12. The Morgan fingerprint density at radius 3 is 2.29 bits per heavy atom. The summed E-state index contributed by atoms with van der Waals surface area (Å²) in [6.07, 6.45) is 0. The molecule has 0 bridgehead atoms. The van der Waals surface area contributed by atoms with Crippen LogP contribution in [0.5, 0.6) is 0 Å². The van der Waals surface area contributed by atoms with Gasteiger partial charge in [0.05, 0.1) is 0 Å². The molecule has 2 rings (SSSR count). The normalized spacial score (nSPS) is 11.5. The Morgan fingerprint density at radius 1 is 1.05 bits per heavy atom. The highest BCUT2D eigenvalue weighted by Gasteiger charge is 2.28. The average Bonchev–Trinajstić information content (AvgIpc) is 2.38. The van der Waals surface area contributed by atoms with Gasteiger partial charge in [0.1, 0.15) is 5.82 Å². The Bertz CT molecular complexity index is 613. The van der Waals surface area contributed by atoms with Crippen molar-refractivity contribution in [2.75, 3.05) is 5.32 Å². The first kappa shape index (κ1) is 16.4. The molecular formula is C14H10F4INS. The maximum Gasteiger partial charge on any atom is 0.446 e. The van der Waals surface area contributed by atoms with Crippen LogP contribution < -0.4 is 5.32 Å². The second kappa shape index (κ2) is 6.87. The molecule has 0 saturated carbocycles. The molecule has 0 amide bonds. The molecule has 21 heavy (non-hydrogen) atoms. The van der Waals surface area contributed by atoms with E-state index >= 15 is 0 Å². The van der Waals surface area contributed by atoms with E-state index in [1.165, 1.54) is 24.3 Å². The summed E-state index contributed by atoms with van der Waals surface area (Å²) in [4.78, 5) is 0.155. The van der Waals surface area contributed by atoms with Crippen molar-refractivity contribution in [1.29, 1.82) is 0 Å². The van der Waals surface area contributed by atoms with Gasteiger partial charge in [-0.3, -0.25) is 0 Å². The van der Waals surface area contributed by atoms with Crippen LogP contribution in [0.15, 0.2) is 47.4 Å². The lowest BCUT2D eigenvalue weighted by molar-refractivity contribution is -0.0328. The predicted molar refractivity (Wildman–Crippen MR) is 84.8 cm³/mol. The van der Waals surface area contributed by atoms with Crippen LogP contribution in [0.25, 0.3) is 0 Å². The topological polar surface area (TPSA) is 12.0 Å². The molecule has 0 aromatic heterocycles. The molecule has 0 unspecified atom stereocenters. The number of hydrogen-bond donors (Lipinski definition) is 1. The van der Waals surface area contributed by atoms with Crippen LogP contribution in [0.1, 0.15) is 5.56 Å². The molecule has 0 aliphatic rings. The van der Waals surface area contributed by atoms with Crippen molar-refractivity contribution in [1.82, 2.24) is 0 Å².